The van der Waals surface area contributed by atoms with Crippen molar-refractivity contribution in [2.75, 3.05) is 11.9 Å². The highest BCUT2D eigenvalue weighted by Gasteiger charge is 2.08. The predicted molar refractivity (Wildman–Crippen MR) is 69.5 cm³/mol. The van der Waals surface area contributed by atoms with E-state index in [1.165, 1.54) is 0 Å². The number of rotatable bonds is 4. The zero-order chi connectivity index (χ0) is 13.0. The predicted octanol–water partition coefficient (Wildman–Crippen LogP) is 2.76. The number of carbonyl (C=O) groups is 1. The van der Waals surface area contributed by atoms with Crippen LogP contribution >= 0.6 is 15.9 Å². The van der Waals surface area contributed by atoms with Crippen LogP contribution in [-0.2, 0) is 4.79 Å². The van der Waals surface area contributed by atoms with E-state index in [1.807, 2.05) is 18.2 Å². The molecule has 0 saturated carbocycles. The number of nitrogens with zero attached hydrogens (tertiary/aromatic N) is 1. The number of aromatic nitrogens is 1. The lowest BCUT2D eigenvalue weighted by Gasteiger charge is -2.06. The van der Waals surface area contributed by atoms with Gasteiger partial charge in [0.1, 0.15) is 11.5 Å². The van der Waals surface area contributed by atoms with E-state index < -0.39 is 0 Å². The third-order valence-corrected chi connectivity index (χ3v) is 2.75. The Bertz CT molecular complexity index is 554. The molecule has 2 aromatic rings. The van der Waals surface area contributed by atoms with Crippen LogP contribution in [-0.4, -0.2) is 17.7 Å². The van der Waals surface area contributed by atoms with E-state index in [0.29, 0.717) is 17.3 Å². The van der Waals surface area contributed by atoms with Crippen molar-refractivity contribution < 1.29 is 14.1 Å². The van der Waals surface area contributed by atoms with Gasteiger partial charge in [0.2, 0.25) is 0 Å². The summed E-state index contributed by atoms with van der Waals surface area (Å²) in [6, 6.07) is 8.95. The first-order chi connectivity index (χ1) is 8.65. The smallest absolute Gasteiger partial charge is 0.263 e. The Morgan fingerprint density at radius 3 is 2.94 bits per heavy atom. The largest absolute Gasteiger partial charge is 0.483 e. The minimum absolute atomic E-state index is 0.0888. The van der Waals surface area contributed by atoms with E-state index in [9.17, 15) is 4.79 Å². The topological polar surface area (TPSA) is 64.4 Å². The van der Waals surface area contributed by atoms with Gasteiger partial charge in [0.15, 0.2) is 12.4 Å². The van der Waals surface area contributed by atoms with Gasteiger partial charge < -0.3 is 14.6 Å². The van der Waals surface area contributed by atoms with Crippen molar-refractivity contribution in [3.63, 3.8) is 0 Å². The number of nitrogens with one attached hydrogen (secondary N) is 1. The van der Waals surface area contributed by atoms with Crippen molar-refractivity contribution in [3.05, 3.63) is 40.6 Å². The molecule has 6 heteroatoms. The molecule has 2 rings (SSSR count). The number of hydrogen-bond acceptors (Lipinski definition) is 4. The Labute approximate surface area is 112 Å². The van der Waals surface area contributed by atoms with Crippen LogP contribution in [0, 0.1) is 6.92 Å². The number of carbonyl (C=O) groups excluding carboxylic acids is 1. The van der Waals surface area contributed by atoms with Crippen LogP contribution in [0.4, 0.5) is 5.82 Å². The van der Waals surface area contributed by atoms with Gasteiger partial charge in [-0.3, -0.25) is 4.79 Å². The Morgan fingerprint density at radius 2 is 2.28 bits per heavy atom. The lowest BCUT2D eigenvalue weighted by Crippen LogP contribution is -2.20. The van der Waals surface area contributed by atoms with E-state index in [-0.39, 0.29) is 12.5 Å². The van der Waals surface area contributed by atoms with E-state index in [0.717, 1.165) is 4.47 Å². The summed E-state index contributed by atoms with van der Waals surface area (Å²) in [6.45, 7) is 1.66. The first kappa shape index (κ1) is 12.6. The molecule has 0 unspecified atom stereocenters. The molecule has 18 heavy (non-hydrogen) atoms. The molecule has 0 radical (unpaired) electrons. The molecule has 0 aliphatic heterocycles. The average molecular weight is 311 g/mol. The van der Waals surface area contributed by atoms with Crippen molar-refractivity contribution >= 4 is 27.7 Å². The maximum Gasteiger partial charge on any atom is 0.263 e. The maximum absolute atomic E-state index is 11.6. The summed E-state index contributed by atoms with van der Waals surface area (Å²) in [4.78, 5) is 11.6. The summed E-state index contributed by atoms with van der Waals surface area (Å²) < 4.78 is 11.0. The summed E-state index contributed by atoms with van der Waals surface area (Å²) in [5.41, 5.74) is 0. The highest BCUT2D eigenvalue weighted by Crippen LogP contribution is 2.23. The van der Waals surface area contributed by atoms with Gasteiger partial charge in [-0.25, -0.2) is 0 Å². The van der Waals surface area contributed by atoms with Crippen LogP contribution in [0.2, 0.25) is 0 Å². The van der Waals surface area contributed by atoms with Gasteiger partial charge in [0, 0.05) is 6.07 Å². The first-order valence-electron chi connectivity index (χ1n) is 5.25. The molecule has 1 aromatic heterocycles. The van der Waals surface area contributed by atoms with Gasteiger partial charge in [-0.1, -0.05) is 17.3 Å². The molecule has 1 aromatic carbocycles. The zero-order valence-corrected chi connectivity index (χ0v) is 11.2. The van der Waals surface area contributed by atoms with Crippen LogP contribution in [0.15, 0.2) is 39.3 Å². The van der Waals surface area contributed by atoms with Crippen molar-refractivity contribution in [2.45, 2.75) is 6.92 Å². The fourth-order valence-corrected chi connectivity index (χ4v) is 1.71. The minimum Gasteiger partial charge on any atom is -0.483 e. The number of halogens is 1. The van der Waals surface area contributed by atoms with Gasteiger partial charge in [-0.05, 0) is 35.0 Å². The molecular formula is C12H11BrN2O3. The lowest BCUT2D eigenvalue weighted by molar-refractivity contribution is -0.118. The van der Waals surface area contributed by atoms with Crippen molar-refractivity contribution in [3.8, 4) is 5.75 Å². The molecule has 1 heterocycles. The van der Waals surface area contributed by atoms with Gasteiger partial charge in [-0.2, -0.15) is 0 Å². The summed E-state index contributed by atoms with van der Waals surface area (Å²) in [5, 5.41) is 6.22. The second-order valence-electron chi connectivity index (χ2n) is 3.59. The van der Waals surface area contributed by atoms with Crippen LogP contribution in [0.3, 0.4) is 0 Å². The summed E-state index contributed by atoms with van der Waals surface area (Å²) >= 11 is 3.33. The van der Waals surface area contributed by atoms with Gasteiger partial charge in [0.05, 0.1) is 4.47 Å². The van der Waals surface area contributed by atoms with E-state index >= 15 is 0 Å². The maximum atomic E-state index is 11.6. The van der Waals surface area contributed by atoms with Crippen molar-refractivity contribution in [1.29, 1.82) is 0 Å². The van der Waals surface area contributed by atoms with E-state index in [2.05, 4.69) is 26.4 Å². The van der Waals surface area contributed by atoms with Gasteiger partial charge in [0.25, 0.3) is 5.91 Å². The Balaban J connectivity index is 1.87. The molecule has 0 aliphatic rings. The highest BCUT2D eigenvalue weighted by molar-refractivity contribution is 9.10. The summed E-state index contributed by atoms with van der Waals surface area (Å²) in [6.07, 6.45) is 0. The zero-order valence-electron chi connectivity index (χ0n) is 9.64. The molecular weight excluding hydrogens is 300 g/mol. The molecule has 5 nitrogen and oxygen atoms in total. The second kappa shape index (κ2) is 5.68. The summed E-state index contributed by atoms with van der Waals surface area (Å²) in [7, 11) is 0. The van der Waals surface area contributed by atoms with Crippen LogP contribution < -0.4 is 10.1 Å². The number of hydrogen-bond donors (Lipinski definition) is 1. The van der Waals surface area contributed by atoms with Crippen LogP contribution in [0.1, 0.15) is 5.76 Å². The van der Waals surface area contributed by atoms with E-state index in [4.69, 9.17) is 9.26 Å². The Hall–Kier alpha value is -1.82. The Kier molecular flexibility index (Phi) is 3.99. The molecule has 0 aliphatic carbocycles. The first-order valence-corrected chi connectivity index (χ1v) is 6.05. The quantitative estimate of drug-likeness (QED) is 0.943. The minimum atomic E-state index is -0.293. The number of aryl methyl sites for hydroxylation is 1. The summed E-state index contributed by atoms with van der Waals surface area (Å²) in [5.74, 6) is 1.34. The molecule has 0 fully saturated rings. The molecule has 1 amide bonds. The second-order valence-corrected chi connectivity index (χ2v) is 4.44. The third-order valence-electron chi connectivity index (χ3n) is 2.09. The van der Waals surface area contributed by atoms with Gasteiger partial charge >= 0.3 is 0 Å². The monoisotopic (exact) mass is 310 g/mol. The molecule has 0 saturated heterocycles. The lowest BCUT2D eigenvalue weighted by atomic mass is 10.3. The van der Waals surface area contributed by atoms with Gasteiger partial charge in [-0.15, -0.1) is 0 Å². The number of para-hydroxylation sites is 1. The molecule has 1 N–H and O–H groups in total. The molecule has 0 atom stereocenters. The van der Waals surface area contributed by atoms with Crippen LogP contribution in [0.25, 0.3) is 0 Å². The Morgan fingerprint density at radius 1 is 1.50 bits per heavy atom. The standard InChI is InChI=1S/C12H11BrN2O3/c1-8-6-11(15-18-8)14-12(16)7-17-10-5-3-2-4-9(10)13/h2-6H,7H2,1H3,(H,14,15,16). The number of anilines is 1. The van der Waals surface area contributed by atoms with Crippen molar-refractivity contribution in [2.24, 2.45) is 0 Å². The van der Waals surface area contributed by atoms with Crippen molar-refractivity contribution in [1.82, 2.24) is 5.16 Å². The number of amides is 1. The number of benzene rings is 1. The molecule has 0 bridgehead atoms. The fraction of sp³-hybridized carbons (Fsp3) is 0.167. The molecule has 94 valence electrons. The molecule has 0 spiro atoms. The van der Waals surface area contributed by atoms with Crippen LogP contribution in [0.5, 0.6) is 5.75 Å². The fourth-order valence-electron chi connectivity index (χ4n) is 1.31. The normalized spacial score (nSPS) is 10.1. The average Bonchev–Trinajstić information content (AvgIpc) is 2.74. The SMILES string of the molecule is Cc1cc(NC(=O)COc2ccccc2Br)no1. The van der Waals surface area contributed by atoms with E-state index in [1.54, 1.807) is 19.1 Å². The number of ether oxygens (including phenoxy) is 1. The highest BCUT2D eigenvalue weighted by atomic mass is 79.9. The third kappa shape index (κ3) is 3.33.